The van der Waals surface area contributed by atoms with E-state index in [2.05, 4.69) is 20.0 Å². The highest BCUT2D eigenvalue weighted by Crippen LogP contribution is 2.11. The zero-order valence-electron chi connectivity index (χ0n) is 9.65. The van der Waals surface area contributed by atoms with E-state index >= 15 is 0 Å². The molecule has 6 nitrogen and oxygen atoms in total. The van der Waals surface area contributed by atoms with Crippen LogP contribution in [-0.4, -0.2) is 36.7 Å². The van der Waals surface area contributed by atoms with Gasteiger partial charge in [-0.3, -0.25) is 4.72 Å². The average molecular weight is 258 g/mol. The van der Waals surface area contributed by atoms with Crippen LogP contribution in [0.2, 0.25) is 0 Å². The van der Waals surface area contributed by atoms with Crippen LogP contribution in [-0.2, 0) is 10.0 Å². The molecule has 0 amide bonds. The average Bonchev–Trinajstić information content (AvgIpc) is 2.80. The third kappa shape index (κ3) is 4.01. The van der Waals surface area contributed by atoms with Crippen molar-refractivity contribution in [1.29, 1.82) is 0 Å². The lowest BCUT2D eigenvalue weighted by Crippen LogP contribution is -2.36. The van der Waals surface area contributed by atoms with E-state index in [0.29, 0.717) is 12.5 Å². The number of hydrogen-bond donors (Lipinski definition) is 3. The number of piperidine rings is 1. The molecule has 2 heterocycles. The summed E-state index contributed by atoms with van der Waals surface area (Å²) in [5, 5.41) is 3.33. The van der Waals surface area contributed by atoms with Crippen LogP contribution in [0.1, 0.15) is 25.7 Å². The number of imidazole rings is 1. The maximum atomic E-state index is 11.7. The van der Waals surface area contributed by atoms with Gasteiger partial charge in [-0.15, -0.1) is 0 Å². The summed E-state index contributed by atoms with van der Waals surface area (Å²) in [7, 11) is -3.29. The lowest BCUT2D eigenvalue weighted by Gasteiger charge is -2.23. The van der Waals surface area contributed by atoms with Crippen molar-refractivity contribution in [2.24, 2.45) is 0 Å². The fourth-order valence-electron chi connectivity index (χ4n) is 1.99. The molecule has 1 fully saturated rings. The molecule has 1 aromatic heterocycles. The quantitative estimate of drug-likeness (QED) is 0.725. The third-order valence-electron chi connectivity index (χ3n) is 2.90. The van der Waals surface area contributed by atoms with E-state index in [0.717, 1.165) is 13.0 Å². The predicted molar refractivity (Wildman–Crippen MR) is 66.3 cm³/mol. The van der Waals surface area contributed by atoms with Crippen LogP contribution < -0.4 is 10.0 Å². The van der Waals surface area contributed by atoms with Gasteiger partial charge in [0.1, 0.15) is 0 Å². The second kappa shape index (κ2) is 5.50. The Bertz CT molecular complexity index is 423. The van der Waals surface area contributed by atoms with Gasteiger partial charge in [0.25, 0.3) is 0 Å². The molecule has 1 unspecified atom stereocenters. The Labute approximate surface area is 101 Å². The molecule has 2 rings (SSSR count). The van der Waals surface area contributed by atoms with Crippen molar-refractivity contribution in [3.05, 3.63) is 12.4 Å². The molecule has 96 valence electrons. The molecule has 0 saturated carbocycles. The summed E-state index contributed by atoms with van der Waals surface area (Å²) < 4.78 is 25.9. The van der Waals surface area contributed by atoms with E-state index in [1.165, 1.54) is 19.0 Å². The normalized spacial score (nSPS) is 21.3. The van der Waals surface area contributed by atoms with Gasteiger partial charge in [-0.1, -0.05) is 6.42 Å². The number of hydrogen-bond acceptors (Lipinski definition) is 4. The van der Waals surface area contributed by atoms with Crippen LogP contribution in [0.3, 0.4) is 0 Å². The molecule has 7 heteroatoms. The van der Waals surface area contributed by atoms with E-state index in [-0.39, 0.29) is 11.7 Å². The Morgan fingerprint density at radius 1 is 1.47 bits per heavy atom. The summed E-state index contributed by atoms with van der Waals surface area (Å²) >= 11 is 0. The van der Waals surface area contributed by atoms with Gasteiger partial charge in [-0.25, -0.2) is 13.4 Å². The molecular weight excluding hydrogens is 240 g/mol. The third-order valence-corrected chi connectivity index (χ3v) is 4.18. The Morgan fingerprint density at radius 3 is 3.00 bits per heavy atom. The summed E-state index contributed by atoms with van der Waals surface area (Å²) in [5.41, 5.74) is 0. The molecule has 0 aliphatic carbocycles. The first-order valence-electron chi connectivity index (χ1n) is 5.89. The Balaban J connectivity index is 1.80. The first-order valence-corrected chi connectivity index (χ1v) is 7.54. The van der Waals surface area contributed by atoms with Crippen LogP contribution >= 0.6 is 0 Å². The minimum absolute atomic E-state index is 0.130. The van der Waals surface area contributed by atoms with Crippen molar-refractivity contribution in [2.45, 2.75) is 31.7 Å². The van der Waals surface area contributed by atoms with Crippen molar-refractivity contribution in [3.63, 3.8) is 0 Å². The number of nitrogens with one attached hydrogen (secondary N) is 3. The molecule has 1 atom stereocenters. The van der Waals surface area contributed by atoms with Crippen LogP contribution in [0.4, 0.5) is 5.95 Å². The monoisotopic (exact) mass is 258 g/mol. The highest BCUT2D eigenvalue weighted by atomic mass is 32.2. The van der Waals surface area contributed by atoms with E-state index < -0.39 is 10.0 Å². The van der Waals surface area contributed by atoms with Gasteiger partial charge in [0.15, 0.2) is 0 Å². The van der Waals surface area contributed by atoms with Crippen LogP contribution in [0.5, 0.6) is 0 Å². The predicted octanol–water partition coefficient (Wildman–Crippen LogP) is 0.684. The molecule has 1 aliphatic heterocycles. The number of H-pyrrole nitrogens is 1. The van der Waals surface area contributed by atoms with Gasteiger partial charge in [-0.05, 0) is 25.8 Å². The molecule has 1 aliphatic rings. The van der Waals surface area contributed by atoms with Gasteiger partial charge in [0.2, 0.25) is 16.0 Å². The van der Waals surface area contributed by atoms with E-state index in [1.54, 1.807) is 6.20 Å². The zero-order chi connectivity index (χ0) is 12.1. The number of aromatic nitrogens is 2. The summed E-state index contributed by atoms with van der Waals surface area (Å²) in [6, 6.07) is 0.330. The summed E-state index contributed by atoms with van der Waals surface area (Å²) in [4.78, 5) is 6.55. The van der Waals surface area contributed by atoms with Gasteiger partial charge < -0.3 is 10.3 Å². The lowest BCUT2D eigenvalue weighted by atomic mass is 10.0. The second-order valence-electron chi connectivity index (χ2n) is 4.29. The topological polar surface area (TPSA) is 86.9 Å². The van der Waals surface area contributed by atoms with Crippen LogP contribution in [0, 0.1) is 0 Å². The Kier molecular flexibility index (Phi) is 4.01. The molecule has 17 heavy (non-hydrogen) atoms. The standard InChI is InChI=1S/C10H18N4O2S/c15-17(16,14-10-12-6-7-13-10)8-4-9-3-1-2-5-11-9/h6-7,9,11H,1-5,8H2,(H2,12,13,14). The fraction of sp³-hybridized carbons (Fsp3) is 0.700. The minimum atomic E-state index is -3.29. The molecule has 1 aromatic rings. The van der Waals surface area contributed by atoms with Gasteiger partial charge in [0, 0.05) is 18.4 Å². The van der Waals surface area contributed by atoms with Crippen molar-refractivity contribution in [3.8, 4) is 0 Å². The summed E-state index contributed by atoms with van der Waals surface area (Å²) in [5.74, 6) is 0.410. The lowest BCUT2D eigenvalue weighted by molar-refractivity contribution is 0.393. The Hall–Kier alpha value is -1.08. The number of nitrogens with zero attached hydrogens (tertiary/aromatic N) is 1. The first-order chi connectivity index (χ1) is 8.16. The van der Waals surface area contributed by atoms with E-state index in [1.807, 2.05) is 0 Å². The van der Waals surface area contributed by atoms with Crippen LogP contribution in [0.15, 0.2) is 12.4 Å². The van der Waals surface area contributed by atoms with Crippen molar-refractivity contribution < 1.29 is 8.42 Å². The number of aromatic amines is 1. The van der Waals surface area contributed by atoms with Crippen molar-refractivity contribution in [1.82, 2.24) is 15.3 Å². The Morgan fingerprint density at radius 2 is 2.35 bits per heavy atom. The van der Waals surface area contributed by atoms with Gasteiger partial charge >= 0.3 is 0 Å². The van der Waals surface area contributed by atoms with Crippen molar-refractivity contribution in [2.75, 3.05) is 17.0 Å². The fourth-order valence-corrected chi connectivity index (χ4v) is 3.09. The smallest absolute Gasteiger partial charge is 0.235 e. The van der Waals surface area contributed by atoms with E-state index in [4.69, 9.17) is 0 Å². The minimum Gasteiger partial charge on any atom is -0.330 e. The number of rotatable bonds is 5. The molecule has 0 bridgehead atoms. The zero-order valence-corrected chi connectivity index (χ0v) is 10.5. The summed E-state index contributed by atoms with van der Waals surface area (Å²) in [6.07, 6.45) is 7.19. The summed E-state index contributed by atoms with van der Waals surface area (Å²) in [6.45, 7) is 0.996. The largest absolute Gasteiger partial charge is 0.330 e. The highest BCUT2D eigenvalue weighted by molar-refractivity contribution is 7.92. The molecular formula is C10H18N4O2S. The first kappa shape index (κ1) is 12.4. The number of anilines is 1. The van der Waals surface area contributed by atoms with E-state index in [9.17, 15) is 8.42 Å². The maximum Gasteiger partial charge on any atom is 0.235 e. The van der Waals surface area contributed by atoms with Crippen LogP contribution in [0.25, 0.3) is 0 Å². The van der Waals surface area contributed by atoms with Gasteiger partial charge in [0.05, 0.1) is 5.75 Å². The maximum absolute atomic E-state index is 11.7. The molecule has 0 aromatic carbocycles. The molecule has 3 N–H and O–H groups in total. The number of sulfonamides is 1. The second-order valence-corrected chi connectivity index (χ2v) is 6.14. The highest BCUT2D eigenvalue weighted by Gasteiger charge is 2.17. The SMILES string of the molecule is O=S(=O)(CCC1CCCCN1)Nc1ncc[nH]1. The molecule has 0 radical (unpaired) electrons. The molecule has 0 spiro atoms. The van der Waals surface area contributed by atoms with Crippen molar-refractivity contribution >= 4 is 16.0 Å². The van der Waals surface area contributed by atoms with Gasteiger partial charge in [-0.2, -0.15) is 0 Å². The molecule has 1 saturated heterocycles.